The van der Waals surface area contributed by atoms with E-state index < -0.39 is 21.5 Å². The van der Waals surface area contributed by atoms with Crippen molar-refractivity contribution in [2.45, 2.75) is 67.6 Å². The minimum Gasteiger partial charge on any atom is -0.475 e. The highest BCUT2D eigenvalue weighted by Gasteiger charge is 2.42. The molecule has 1 saturated heterocycles. The van der Waals surface area contributed by atoms with Crippen molar-refractivity contribution in [1.82, 2.24) is 19.4 Å². The van der Waals surface area contributed by atoms with E-state index in [1.807, 2.05) is 91.0 Å². The number of ether oxygens (including phenoxy) is 2. The monoisotopic (exact) mass is 728 g/mol. The SMILES string of the molecule is COC1CN([C@@H]2COc3c([S@](=O)(=NC(c4ccccc4)(c4ccccc4)c4ccccc4)NC(=O)Nc4c5c(cc6c4CCC6)CCC5)cnn3C2)C1. The molecule has 0 spiro atoms. The number of methoxy groups -OCH3 is 1. The van der Waals surface area contributed by atoms with Gasteiger partial charge in [-0.05, 0) is 77.5 Å². The van der Waals surface area contributed by atoms with Crippen LogP contribution in [0.15, 0.2) is 113 Å². The van der Waals surface area contributed by atoms with Gasteiger partial charge in [-0.3, -0.25) is 4.90 Å². The molecular weight excluding hydrogens is 685 g/mol. The Morgan fingerprint density at radius 1 is 0.849 bits per heavy atom. The third-order valence-corrected chi connectivity index (χ3v) is 13.2. The van der Waals surface area contributed by atoms with Crippen molar-refractivity contribution >= 4 is 21.6 Å². The van der Waals surface area contributed by atoms with Gasteiger partial charge in [0, 0.05) is 25.9 Å². The molecule has 272 valence electrons. The van der Waals surface area contributed by atoms with E-state index in [4.69, 9.17) is 18.9 Å². The molecule has 2 atom stereocenters. The lowest BCUT2D eigenvalue weighted by atomic mass is 9.78. The second kappa shape index (κ2) is 13.8. The van der Waals surface area contributed by atoms with Crippen molar-refractivity contribution in [3.63, 3.8) is 0 Å². The number of nitrogens with one attached hydrogen (secondary N) is 2. The van der Waals surface area contributed by atoms with E-state index in [1.54, 1.807) is 18.0 Å². The molecule has 2 aliphatic carbocycles. The number of carbonyl (C=O) groups is 1. The van der Waals surface area contributed by atoms with Gasteiger partial charge < -0.3 is 14.8 Å². The fraction of sp³-hybridized carbons (Fsp3) is 0.333. The van der Waals surface area contributed by atoms with Crippen molar-refractivity contribution in [1.29, 1.82) is 0 Å². The molecule has 2 amide bonds. The molecule has 0 radical (unpaired) electrons. The van der Waals surface area contributed by atoms with Crippen molar-refractivity contribution in [3.8, 4) is 5.88 Å². The number of fused-ring (bicyclic) bond motifs is 3. The zero-order chi connectivity index (χ0) is 36.0. The Labute approximate surface area is 310 Å². The summed E-state index contributed by atoms with van der Waals surface area (Å²) >= 11 is 0. The van der Waals surface area contributed by atoms with Crippen molar-refractivity contribution in [3.05, 3.63) is 142 Å². The fourth-order valence-electron chi connectivity index (χ4n) is 8.64. The lowest BCUT2D eigenvalue weighted by molar-refractivity contribution is -0.0687. The molecule has 5 aromatic rings. The highest BCUT2D eigenvalue weighted by atomic mass is 32.2. The van der Waals surface area contributed by atoms with Crippen LogP contribution in [0.2, 0.25) is 0 Å². The van der Waals surface area contributed by atoms with E-state index in [-0.39, 0.29) is 17.0 Å². The van der Waals surface area contributed by atoms with Crippen LogP contribution in [0, 0.1) is 0 Å². The van der Waals surface area contributed by atoms with Crippen LogP contribution < -0.4 is 14.8 Å². The van der Waals surface area contributed by atoms with Crippen LogP contribution in [0.25, 0.3) is 0 Å². The first-order valence-electron chi connectivity index (χ1n) is 18.6. The summed E-state index contributed by atoms with van der Waals surface area (Å²) in [6, 6.07) is 31.4. The van der Waals surface area contributed by atoms with Gasteiger partial charge in [0.25, 0.3) is 0 Å². The third kappa shape index (κ3) is 6.00. The third-order valence-electron chi connectivity index (χ3n) is 11.4. The van der Waals surface area contributed by atoms with Gasteiger partial charge in [-0.1, -0.05) is 97.1 Å². The first-order valence-corrected chi connectivity index (χ1v) is 20.1. The number of amides is 2. The number of nitrogens with zero attached hydrogens (tertiary/aromatic N) is 4. The van der Waals surface area contributed by atoms with Crippen LogP contribution >= 0.6 is 0 Å². The molecule has 2 aliphatic heterocycles. The highest BCUT2D eigenvalue weighted by molar-refractivity contribution is 7.92. The molecule has 53 heavy (non-hydrogen) atoms. The summed E-state index contributed by atoms with van der Waals surface area (Å²) < 4.78 is 38.3. The zero-order valence-corrected chi connectivity index (χ0v) is 30.7. The molecule has 4 aliphatic rings. The molecular formula is C42H44N6O4S. The number of carbonyl (C=O) groups excluding carboxylic acids is 1. The van der Waals surface area contributed by atoms with Crippen molar-refractivity contribution in [2.24, 2.45) is 4.36 Å². The largest absolute Gasteiger partial charge is 0.475 e. The van der Waals surface area contributed by atoms with Crippen LogP contribution in [0.4, 0.5) is 10.5 Å². The van der Waals surface area contributed by atoms with Gasteiger partial charge in [-0.2, -0.15) is 9.46 Å². The number of hydrogen-bond donors (Lipinski definition) is 2. The lowest BCUT2D eigenvalue weighted by Gasteiger charge is -2.44. The molecule has 9 rings (SSSR count). The topological polar surface area (TPSA) is 110 Å². The maximum absolute atomic E-state index is 16.2. The smallest absolute Gasteiger partial charge is 0.331 e. The van der Waals surface area contributed by atoms with Crippen LogP contribution in [0.3, 0.4) is 0 Å². The summed E-state index contributed by atoms with van der Waals surface area (Å²) in [6.45, 7) is 2.59. The van der Waals surface area contributed by atoms with E-state index in [2.05, 4.69) is 21.0 Å². The summed E-state index contributed by atoms with van der Waals surface area (Å²) in [5, 5.41) is 7.93. The summed E-state index contributed by atoms with van der Waals surface area (Å²) in [4.78, 5) is 17.0. The molecule has 4 aromatic carbocycles. The van der Waals surface area contributed by atoms with Crippen molar-refractivity contribution < 1.29 is 18.5 Å². The van der Waals surface area contributed by atoms with Gasteiger partial charge in [0.2, 0.25) is 5.88 Å². The van der Waals surface area contributed by atoms with Crippen LogP contribution in [-0.2, 0) is 52.4 Å². The average Bonchev–Trinajstić information content (AvgIpc) is 3.95. The van der Waals surface area contributed by atoms with Gasteiger partial charge in [-0.25, -0.2) is 18.4 Å². The van der Waals surface area contributed by atoms with E-state index in [1.165, 1.54) is 22.3 Å². The Hall–Kier alpha value is -4.97. The molecule has 0 saturated carbocycles. The van der Waals surface area contributed by atoms with Gasteiger partial charge in [0.1, 0.15) is 17.0 Å². The van der Waals surface area contributed by atoms with E-state index in [0.717, 1.165) is 74.0 Å². The molecule has 1 aromatic heterocycles. The number of aromatic nitrogens is 2. The number of benzene rings is 4. The number of aryl methyl sites for hydroxylation is 2. The van der Waals surface area contributed by atoms with Gasteiger partial charge in [-0.15, -0.1) is 0 Å². The number of urea groups is 1. The van der Waals surface area contributed by atoms with Crippen LogP contribution in [0.1, 0.15) is 51.8 Å². The summed E-state index contributed by atoms with van der Waals surface area (Å²) in [6.07, 6.45) is 7.70. The predicted molar refractivity (Wildman–Crippen MR) is 205 cm³/mol. The average molecular weight is 729 g/mol. The van der Waals surface area contributed by atoms with Gasteiger partial charge >= 0.3 is 6.03 Å². The molecule has 1 fully saturated rings. The summed E-state index contributed by atoms with van der Waals surface area (Å²) in [5.74, 6) is 0.351. The Morgan fingerprint density at radius 2 is 1.42 bits per heavy atom. The minimum atomic E-state index is -3.84. The maximum atomic E-state index is 16.2. The Kier molecular flexibility index (Phi) is 8.80. The quantitative estimate of drug-likeness (QED) is 0.168. The van der Waals surface area contributed by atoms with Crippen LogP contribution in [0.5, 0.6) is 5.88 Å². The Morgan fingerprint density at radius 3 is 1.96 bits per heavy atom. The number of anilines is 1. The number of hydrogen-bond acceptors (Lipinski definition) is 7. The highest BCUT2D eigenvalue weighted by Crippen LogP contribution is 2.44. The van der Waals surface area contributed by atoms with E-state index in [9.17, 15) is 4.79 Å². The van der Waals surface area contributed by atoms with E-state index >= 15 is 4.21 Å². The first kappa shape index (κ1) is 33.8. The van der Waals surface area contributed by atoms with Gasteiger partial charge in [0.15, 0.2) is 9.92 Å². The second-order valence-corrected chi connectivity index (χ2v) is 16.4. The molecule has 11 heteroatoms. The molecule has 0 unspecified atom stereocenters. The van der Waals surface area contributed by atoms with Crippen LogP contribution in [-0.4, -0.2) is 63.9 Å². The number of likely N-dealkylation sites (tertiary alicyclic amines) is 1. The Balaban J connectivity index is 1.20. The molecule has 10 nitrogen and oxygen atoms in total. The summed E-state index contributed by atoms with van der Waals surface area (Å²) in [5.41, 5.74) is 6.97. The lowest BCUT2D eigenvalue weighted by Crippen LogP contribution is -2.59. The van der Waals surface area contributed by atoms with Gasteiger partial charge in [0.05, 0.1) is 24.9 Å². The fourth-order valence-corrected chi connectivity index (χ4v) is 10.5. The van der Waals surface area contributed by atoms with E-state index in [0.29, 0.717) is 19.0 Å². The molecule has 3 heterocycles. The Bertz CT molecular complexity index is 2130. The zero-order valence-electron chi connectivity index (χ0n) is 29.9. The molecule has 0 bridgehead atoms. The molecule has 2 N–H and O–H groups in total. The standard InChI is InChI=1S/C42H44N6O4S/c1-51-35-26-47(27-35)34-25-48-40(52-28-34)38(24-43-48)53(50,45-41(49)44-39-36-21-11-13-29(36)23-30-14-12-22-37(30)39)46-42(31-15-5-2-6-16-31,32-17-7-3-8-18-32)33-19-9-4-10-20-33/h2-10,15-20,23-24,34-35H,11-14,21-22,25-28H2,1H3,(H2,44,45,46,49,50)/t34-,53+/m0/s1. The maximum Gasteiger partial charge on any atom is 0.331 e. The van der Waals surface area contributed by atoms with Crippen molar-refractivity contribution in [2.75, 3.05) is 32.1 Å². The summed E-state index contributed by atoms with van der Waals surface area (Å²) in [7, 11) is -2.10. The second-order valence-electron chi connectivity index (χ2n) is 14.5. The minimum absolute atomic E-state index is 0.0882. The predicted octanol–water partition coefficient (Wildman–Crippen LogP) is 6.51. The normalized spacial score (nSPS) is 19.2. The number of rotatable bonds is 9. The first-order chi connectivity index (χ1) is 25.9.